The molecule has 10 heteroatoms. The van der Waals surface area contributed by atoms with Crippen molar-refractivity contribution in [3.8, 4) is 11.5 Å². The molecule has 376 valence electrons. The summed E-state index contributed by atoms with van der Waals surface area (Å²) in [5.41, 5.74) is 6.88. The van der Waals surface area contributed by atoms with Gasteiger partial charge in [0.1, 0.15) is 6.10 Å². The molecule has 0 heterocycles. The Hall–Kier alpha value is -2.01. The quantitative estimate of drug-likeness (QED) is 0.0285. The average Bonchev–Trinajstić information content (AvgIpc) is 3.21. The summed E-state index contributed by atoms with van der Waals surface area (Å²) in [4.78, 5) is 26.7. The first kappa shape index (κ1) is 62.0. The van der Waals surface area contributed by atoms with Crippen LogP contribution in [-0.4, -0.2) is 44.4 Å². The van der Waals surface area contributed by atoms with Gasteiger partial charge in [0.05, 0.1) is 6.26 Å². The maximum Gasteiger partial charge on any atom is 0.311 e. The molecule has 1 aromatic carbocycles. The number of ether oxygens (including phenoxy) is 2. The Kier molecular flexibility index (Phi) is 37.8. The SMILES string of the molecule is CCCCCCCCCCCC(C)CCCC(C)CC(=O)Oc1ccc(C(OS(C)(=O)=O)C(N)C(C)C)cc1OC(=O)CC(C)CCCC(C)CCCCCCCCCCC.CCO. The molecule has 0 aromatic heterocycles. The van der Waals surface area contributed by atoms with Gasteiger partial charge < -0.3 is 20.3 Å². The third-order valence-corrected chi connectivity index (χ3v) is 13.1. The van der Waals surface area contributed by atoms with Crippen LogP contribution < -0.4 is 15.2 Å². The molecular weight excluding hydrogens is 823 g/mol. The number of aliphatic hydroxyl groups is 1. The summed E-state index contributed by atoms with van der Waals surface area (Å²) in [6.07, 6.45) is 33.5. The van der Waals surface area contributed by atoms with Crippen LogP contribution in [0.4, 0.5) is 0 Å². The molecule has 9 nitrogen and oxygen atoms in total. The van der Waals surface area contributed by atoms with Crippen LogP contribution in [0.15, 0.2) is 18.2 Å². The molecule has 6 atom stereocenters. The van der Waals surface area contributed by atoms with Crippen molar-refractivity contribution in [1.82, 2.24) is 0 Å². The summed E-state index contributed by atoms with van der Waals surface area (Å²) >= 11 is 0. The summed E-state index contributed by atoms with van der Waals surface area (Å²) in [6.45, 7) is 19.1. The highest BCUT2D eigenvalue weighted by Gasteiger charge is 2.29. The lowest BCUT2D eigenvalue weighted by molar-refractivity contribution is -0.138. The molecule has 0 aliphatic carbocycles. The minimum absolute atomic E-state index is 0.0636. The fraction of sp³-hybridized carbons (Fsp3) is 0.852. The Morgan fingerprint density at radius 2 is 0.891 bits per heavy atom. The maximum atomic E-state index is 13.4. The van der Waals surface area contributed by atoms with Crippen LogP contribution in [-0.2, 0) is 23.9 Å². The number of unbranched alkanes of at least 4 members (excludes halogenated alkanes) is 16. The van der Waals surface area contributed by atoms with Crippen LogP contribution >= 0.6 is 0 Å². The highest BCUT2D eigenvalue weighted by Crippen LogP contribution is 2.36. The van der Waals surface area contributed by atoms with Crippen LogP contribution in [0, 0.1) is 29.6 Å². The van der Waals surface area contributed by atoms with Gasteiger partial charge in [-0.25, -0.2) is 0 Å². The molecule has 0 bridgehead atoms. The van der Waals surface area contributed by atoms with E-state index in [9.17, 15) is 18.0 Å². The predicted octanol–water partition coefficient (Wildman–Crippen LogP) is 15.0. The van der Waals surface area contributed by atoms with Crippen molar-refractivity contribution in [3.05, 3.63) is 23.8 Å². The third-order valence-electron chi connectivity index (χ3n) is 12.6. The Morgan fingerprint density at radius 1 is 0.547 bits per heavy atom. The van der Waals surface area contributed by atoms with E-state index in [0.29, 0.717) is 17.4 Å². The van der Waals surface area contributed by atoms with Gasteiger partial charge in [-0.15, -0.1) is 0 Å². The van der Waals surface area contributed by atoms with E-state index < -0.39 is 34.2 Å². The van der Waals surface area contributed by atoms with Gasteiger partial charge in [-0.2, -0.15) is 8.42 Å². The maximum absolute atomic E-state index is 13.4. The van der Waals surface area contributed by atoms with Crippen molar-refractivity contribution in [2.75, 3.05) is 12.9 Å². The van der Waals surface area contributed by atoms with E-state index in [1.807, 2.05) is 13.8 Å². The third kappa shape index (κ3) is 34.3. The highest BCUT2D eigenvalue weighted by molar-refractivity contribution is 7.86. The van der Waals surface area contributed by atoms with E-state index >= 15 is 0 Å². The molecule has 0 saturated heterocycles. The van der Waals surface area contributed by atoms with Gasteiger partial charge >= 0.3 is 11.9 Å². The minimum Gasteiger partial charge on any atom is -0.423 e. The van der Waals surface area contributed by atoms with Crippen LogP contribution in [0.2, 0.25) is 0 Å². The second-order valence-electron chi connectivity index (χ2n) is 19.9. The number of carbonyl (C=O) groups excluding carboxylic acids is 2. The lowest BCUT2D eigenvalue weighted by Crippen LogP contribution is -2.36. The van der Waals surface area contributed by atoms with E-state index in [2.05, 4.69) is 41.5 Å². The monoisotopic (exact) mass is 924 g/mol. The van der Waals surface area contributed by atoms with Gasteiger partial charge in [-0.1, -0.05) is 228 Å². The lowest BCUT2D eigenvalue weighted by Gasteiger charge is -2.27. The Bertz CT molecular complexity index is 1400. The zero-order chi connectivity index (χ0) is 48.2. The molecule has 3 N–H and O–H groups in total. The molecule has 1 rings (SSSR count). The largest absolute Gasteiger partial charge is 0.423 e. The van der Waals surface area contributed by atoms with Crippen LogP contribution in [0.5, 0.6) is 11.5 Å². The second kappa shape index (κ2) is 39.0. The van der Waals surface area contributed by atoms with E-state index in [0.717, 1.165) is 44.8 Å². The average molecular weight is 924 g/mol. The number of aliphatic hydroxyl groups excluding tert-OH is 1. The first-order valence-electron chi connectivity index (χ1n) is 26.3. The number of benzene rings is 1. The molecule has 0 aliphatic rings. The fourth-order valence-corrected chi connectivity index (χ4v) is 8.99. The normalized spacial score (nSPS) is 14.6. The first-order chi connectivity index (χ1) is 30.5. The Morgan fingerprint density at radius 3 is 1.27 bits per heavy atom. The van der Waals surface area contributed by atoms with Crippen molar-refractivity contribution in [2.24, 2.45) is 35.3 Å². The topological polar surface area (TPSA) is 142 Å². The fourth-order valence-electron chi connectivity index (χ4n) is 8.37. The molecule has 6 unspecified atom stereocenters. The molecule has 0 saturated carbocycles. The van der Waals surface area contributed by atoms with Crippen molar-refractivity contribution >= 4 is 22.1 Å². The number of nitrogens with two attached hydrogens (primary N) is 1. The van der Waals surface area contributed by atoms with Gasteiger partial charge in [0.25, 0.3) is 10.1 Å². The molecule has 0 aliphatic heterocycles. The number of hydrogen-bond donors (Lipinski definition) is 2. The van der Waals surface area contributed by atoms with Crippen molar-refractivity contribution in [1.29, 1.82) is 0 Å². The summed E-state index contributed by atoms with van der Waals surface area (Å²) in [6, 6.07) is 4.06. The van der Waals surface area contributed by atoms with Gasteiger partial charge in [-0.05, 0) is 54.2 Å². The van der Waals surface area contributed by atoms with E-state index in [1.165, 1.54) is 134 Å². The Balaban J connectivity index is 0.0000128. The van der Waals surface area contributed by atoms with E-state index in [-0.39, 0.29) is 48.7 Å². The zero-order valence-electron chi connectivity index (χ0n) is 43.1. The van der Waals surface area contributed by atoms with Crippen molar-refractivity contribution in [2.45, 2.75) is 254 Å². The highest BCUT2D eigenvalue weighted by atomic mass is 32.2. The summed E-state index contributed by atoms with van der Waals surface area (Å²) in [5.74, 6) is 0.864. The lowest BCUT2D eigenvalue weighted by atomic mass is 9.93. The predicted molar refractivity (Wildman–Crippen MR) is 269 cm³/mol. The summed E-state index contributed by atoms with van der Waals surface area (Å²) in [7, 11) is -3.87. The van der Waals surface area contributed by atoms with Gasteiger partial charge in [0.2, 0.25) is 0 Å². The smallest absolute Gasteiger partial charge is 0.311 e. The molecule has 0 spiro atoms. The number of esters is 2. The number of carbonyl (C=O) groups is 2. The van der Waals surface area contributed by atoms with E-state index in [4.69, 9.17) is 24.5 Å². The Labute approximate surface area is 395 Å². The molecule has 0 amide bonds. The molecule has 0 fully saturated rings. The van der Waals surface area contributed by atoms with Gasteiger partial charge in [-0.3, -0.25) is 13.8 Å². The van der Waals surface area contributed by atoms with Gasteiger partial charge in [0, 0.05) is 25.5 Å². The number of rotatable bonds is 39. The van der Waals surface area contributed by atoms with Crippen molar-refractivity contribution in [3.63, 3.8) is 0 Å². The summed E-state index contributed by atoms with van der Waals surface area (Å²) in [5, 5.41) is 7.57. The standard InChI is InChI=1S/C52H95NO7S.C2H6O/c1-10-12-14-16-18-20-22-24-26-30-42(5)32-28-34-44(7)38-49(54)58-47-37-36-46(52(51(53)41(3)4)60-61(9,56)57)40-48(47)59-50(55)39-45(8)35-29-33-43(6)31-27-25-23-21-19-17-15-13-11-2;1-2-3/h36-37,40-45,51-52H,10-35,38-39,53H2,1-9H3;3H,2H2,1H3. The molecular formula is C54H101NO8S. The molecule has 0 radical (unpaired) electrons. The van der Waals surface area contributed by atoms with Crippen LogP contribution in [0.3, 0.4) is 0 Å². The summed E-state index contributed by atoms with van der Waals surface area (Å²) < 4.78 is 41.8. The zero-order valence-corrected chi connectivity index (χ0v) is 43.9. The second-order valence-corrected chi connectivity index (χ2v) is 21.5. The van der Waals surface area contributed by atoms with Crippen LogP contribution in [0.1, 0.15) is 254 Å². The minimum atomic E-state index is -3.87. The van der Waals surface area contributed by atoms with E-state index in [1.54, 1.807) is 19.1 Å². The van der Waals surface area contributed by atoms with Crippen LogP contribution in [0.25, 0.3) is 0 Å². The number of hydrogen-bond acceptors (Lipinski definition) is 9. The van der Waals surface area contributed by atoms with Gasteiger partial charge in [0.15, 0.2) is 11.5 Å². The molecule has 64 heavy (non-hydrogen) atoms. The molecule has 1 aromatic rings. The van der Waals surface area contributed by atoms with Crippen molar-refractivity contribution < 1.29 is 36.8 Å². The first-order valence-corrected chi connectivity index (χ1v) is 28.1.